The summed E-state index contributed by atoms with van der Waals surface area (Å²) >= 11 is 5.61. The number of rotatable bonds is 11. The van der Waals surface area contributed by atoms with E-state index in [2.05, 4.69) is 47.5 Å². The first-order chi connectivity index (χ1) is 17.8. The third-order valence-corrected chi connectivity index (χ3v) is 5.85. The van der Waals surface area contributed by atoms with E-state index < -0.39 is 5.60 Å². The van der Waals surface area contributed by atoms with Crippen molar-refractivity contribution >= 4 is 23.0 Å². The molecule has 0 unspecified atom stereocenters. The fourth-order valence-electron chi connectivity index (χ4n) is 3.89. The van der Waals surface area contributed by atoms with Crippen molar-refractivity contribution in [1.82, 2.24) is 25.3 Å². The van der Waals surface area contributed by atoms with Crippen LogP contribution in [0.1, 0.15) is 70.9 Å². The number of aliphatic hydroxyl groups excluding tert-OH is 1. The number of halogens is 1. The van der Waals surface area contributed by atoms with E-state index in [1.54, 1.807) is 23.1 Å². The third-order valence-electron chi connectivity index (χ3n) is 5.60. The van der Waals surface area contributed by atoms with Gasteiger partial charge in [0.15, 0.2) is 5.82 Å². The molecule has 0 aliphatic rings. The number of aryl methyl sites for hydroxylation is 1. The van der Waals surface area contributed by atoms with Gasteiger partial charge in [-0.3, -0.25) is 5.10 Å². The Hall–Kier alpha value is -2.65. The van der Waals surface area contributed by atoms with Crippen molar-refractivity contribution < 1.29 is 10.2 Å². The Balaban J connectivity index is 0.000000398. The Bertz CT molecular complexity index is 985. The molecule has 0 saturated heterocycles. The summed E-state index contributed by atoms with van der Waals surface area (Å²) in [6.07, 6.45) is 9.52. The fourth-order valence-corrected chi connectivity index (χ4v) is 4.02. The van der Waals surface area contributed by atoms with E-state index in [0.717, 1.165) is 48.5 Å². The molecule has 9 heteroatoms. The predicted molar refractivity (Wildman–Crippen MR) is 155 cm³/mol. The second-order valence-corrected chi connectivity index (χ2v) is 9.16. The molecule has 0 amide bonds. The van der Waals surface area contributed by atoms with Crippen molar-refractivity contribution in [1.29, 1.82) is 0 Å². The molecule has 0 aliphatic carbocycles. The second-order valence-electron chi connectivity index (χ2n) is 8.73. The van der Waals surface area contributed by atoms with E-state index in [-0.39, 0.29) is 6.61 Å². The first-order valence-electron chi connectivity index (χ1n) is 13.1. The highest BCUT2D eigenvalue weighted by Crippen LogP contribution is 2.38. The van der Waals surface area contributed by atoms with Crippen LogP contribution in [0, 0.1) is 6.92 Å². The SMILES string of the molecule is CC/C=C(\c1cnn(-c2ccn[nH]2)c1N)C(O)(CCC)CCC.CCNCCO.Cc1ccc(Cl)cc1. The van der Waals surface area contributed by atoms with Gasteiger partial charge in [-0.05, 0) is 50.4 Å². The minimum atomic E-state index is -0.866. The van der Waals surface area contributed by atoms with Crippen LogP contribution in [0.2, 0.25) is 5.02 Å². The lowest BCUT2D eigenvalue weighted by Crippen LogP contribution is -2.30. The van der Waals surface area contributed by atoms with Gasteiger partial charge < -0.3 is 21.3 Å². The first-order valence-corrected chi connectivity index (χ1v) is 13.5. The number of hydrogen-bond acceptors (Lipinski definition) is 6. The van der Waals surface area contributed by atoms with Crippen LogP contribution in [0.3, 0.4) is 0 Å². The maximum atomic E-state index is 11.2. The standard InChI is InChI=1S/C17H27N5O.C7H7Cl.C4H11NO/c1-4-7-14(17(23,9-5-2)10-6-3)13-12-20-22(16(13)18)15-8-11-19-21-15;1-6-2-4-7(8)5-3-6;1-2-5-3-4-6/h7-8,11-12,23H,4-6,9-10,18H2,1-3H3,(H,19,21);2-5H,1H3;5-6H,2-4H2,1H3/b14-7+;;. The summed E-state index contributed by atoms with van der Waals surface area (Å²) < 4.78 is 1.62. The van der Waals surface area contributed by atoms with E-state index in [4.69, 9.17) is 22.4 Å². The number of aromatic amines is 1. The Morgan fingerprint density at radius 2 is 1.78 bits per heavy atom. The van der Waals surface area contributed by atoms with Crippen LogP contribution in [0.15, 0.2) is 48.8 Å². The van der Waals surface area contributed by atoms with Gasteiger partial charge in [-0.2, -0.15) is 14.9 Å². The van der Waals surface area contributed by atoms with Crippen LogP contribution in [-0.4, -0.2) is 55.5 Å². The van der Waals surface area contributed by atoms with Crippen molar-refractivity contribution in [3.05, 3.63) is 65.0 Å². The molecule has 2 heterocycles. The lowest BCUT2D eigenvalue weighted by Gasteiger charge is -2.31. The Morgan fingerprint density at radius 1 is 1.14 bits per heavy atom. The van der Waals surface area contributed by atoms with Gasteiger partial charge >= 0.3 is 0 Å². The summed E-state index contributed by atoms with van der Waals surface area (Å²) in [4.78, 5) is 0. The molecule has 3 aromatic rings. The summed E-state index contributed by atoms with van der Waals surface area (Å²) in [5, 5.41) is 34.3. The number of nitrogens with one attached hydrogen (secondary N) is 2. The van der Waals surface area contributed by atoms with E-state index in [9.17, 15) is 5.11 Å². The highest BCUT2D eigenvalue weighted by molar-refractivity contribution is 6.30. The number of nitrogen functional groups attached to an aromatic ring is 1. The highest BCUT2D eigenvalue weighted by atomic mass is 35.5. The van der Waals surface area contributed by atoms with Gasteiger partial charge in [0.1, 0.15) is 5.82 Å². The third kappa shape index (κ3) is 10.7. The van der Waals surface area contributed by atoms with Crippen molar-refractivity contribution in [3.8, 4) is 5.82 Å². The van der Waals surface area contributed by atoms with Crippen molar-refractivity contribution in [2.75, 3.05) is 25.4 Å². The van der Waals surface area contributed by atoms with E-state index in [1.807, 2.05) is 38.1 Å². The molecule has 37 heavy (non-hydrogen) atoms. The van der Waals surface area contributed by atoms with Gasteiger partial charge in [0.2, 0.25) is 0 Å². The molecule has 0 saturated carbocycles. The lowest BCUT2D eigenvalue weighted by molar-refractivity contribution is 0.0809. The smallest absolute Gasteiger partial charge is 0.151 e. The number of nitrogens with zero attached hydrogens (tertiary/aromatic N) is 3. The Kier molecular flexibility index (Phi) is 15.5. The molecule has 6 N–H and O–H groups in total. The largest absolute Gasteiger partial charge is 0.395 e. The summed E-state index contributed by atoms with van der Waals surface area (Å²) in [5.74, 6) is 1.22. The minimum absolute atomic E-state index is 0.244. The van der Waals surface area contributed by atoms with Crippen molar-refractivity contribution in [2.24, 2.45) is 0 Å². The van der Waals surface area contributed by atoms with E-state index >= 15 is 0 Å². The normalized spacial score (nSPS) is 11.4. The number of likely N-dealkylation sites (N-methyl/N-ethyl adjacent to an activating group) is 1. The van der Waals surface area contributed by atoms with Gasteiger partial charge in [0.05, 0.1) is 24.6 Å². The molecule has 0 bridgehead atoms. The second kappa shape index (κ2) is 17.7. The highest BCUT2D eigenvalue weighted by Gasteiger charge is 2.32. The average Bonchev–Trinajstić information content (AvgIpc) is 3.54. The number of H-pyrrole nitrogens is 1. The van der Waals surface area contributed by atoms with Crippen LogP contribution < -0.4 is 11.1 Å². The van der Waals surface area contributed by atoms with Gasteiger partial charge in [0, 0.05) is 23.2 Å². The molecule has 0 spiro atoms. The molecule has 0 radical (unpaired) electrons. The van der Waals surface area contributed by atoms with Crippen molar-refractivity contribution in [3.63, 3.8) is 0 Å². The Morgan fingerprint density at radius 3 is 2.22 bits per heavy atom. The average molecular weight is 533 g/mol. The monoisotopic (exact) mass is 532 g/mol. The van der Waals surface area contributed by atoms with Crippen LogP contribution in [-0.2, 0) is 0 Å². The van der Waals surface area contributed by atoms with Gasteiger partial charge in [-0.25, -0.2) is 0 Å². The van der Waals surface area contributed by atoms with Gasteiger partial charge in [0.25, 0.3) is 0 Å². The number of anilines is 1. The first kappa shape index (κ1) is 32.4. The van der Waals surface area contributed by atoms with E-state index in [0.29, 0.717) is 24.5 Å². The van der Waals surface area contributed by atoms with Crippen LogP contribution >= 0.6 is 11.6 Å². The van der Waals surface area contributed by atoms with E-state index in [1.165, 1.54) is 5.56 Å². The summed E-state index contributed by atoms with van der Waals surface area (Å²) in [6, 6.07) is 9.55. The lowest BCUT2D eigenvalue weighted by atomic mass is 9.81. The molecule has 8 nitrogen and oxygen atoms in total. The zero-order valence-corrected chi connectivity index (χ0v) is 23.7. The molecule has 0 aliphatic heterocycles. The van der Waals surface area contributed by atoms with Gasteiger partial charge in [-0.1, -0.05) is 75.9 Å². The molecule has 206 valence electrons. The predicted octanol–water partition coefficient (Wildman–Crippen LogP) is 5.54. The molecule has 1 aromatic carbocycles. The fraction of sp³-hybridized carbons (Fsp3) is 0.500. The number of nitrogens with two attached hydrogens (primary N) is 1. The molecular weight excluding hydrogens is 488 g/mol. The van der Waals surface area contributed by atoms with Crippen LogP contribution in [0.25, 0.3) is 11.4 Å². The molecule has 0 atom stereocenters. The molecule has 0 fully saturated rings. The molecule has 2 aromatic heterocycles. The molecule has 3 rings (SSSR count). The summed E-state index contributed by atoms with van der Waals surface area (Å²) in [7, 11) is 0. The number of allylic oxidation sites excluding steroid dienone is 1. The number of aromatic nitrogens is 4. The molecular formula is C28H45ClN6O2. The zero-order valence-electron chi connectivity index (χ0n) is 23.0. The van der Waals surface area contributed by atoms with Gasteiger partial charge in [-0.15, -0.1) is 0 Å². The number of aliphatic hydroxyl groups is 2. The maximum Gasteiger partial charge on any atom is 0.151 e. The zero-order chi connectivity index (χ0) is 27.7. The summed E-state index contributed by atoms with van der Waals surface area (Å²) in [5.41, 5.74) is 8.37. The van der Waals surface area contributed by atoms with Crippen molar-refractivity contribution in [2.45, 2.75) is 72.3 Å². The quantitative estimate of drug-likeness (QED) is 0.206. The minimum Gasteiger partial charge on any atom is -0.395 e. The van der Waals surface area contributed by atoms with Crippen LogP contribution in [0.5, 0.6) is 0 Å². The number of hydrogen-bond donors (Lipinski definition) is 5. The Labute approximate surface area is 226 Å². The summed E-state index contributed by atoms with van der Waals surface area (Å²) in [6.45, 7) is 12.2. The topological polar surface area (TPSA) is 125 Å². The maximum absolute atomic E-state index is 11.2. The number of benzene rings is 1. The van der Waals surface area contributed by atoms with Crippen LogP contribution in [0.4, 0.5) is 5.82 Å².